The van der Waals surface area contributed by atoms with Crippen molar-refractivity contribution in [2.45, 2.75) is 32.5 Å². The Morgan fingerprint density at radius 1 is 1.06 bits per heavy atom. The number of thiazole rings is 1. The molecule has 2 heterocycles. The summed E-state index contributed by atoms with van der Waals surface area (Å²) >= 11 is 0.957. The molecular weight excluding hydrogens is 435 g/mol. The molecule has 168 valence electrons. The van der Waals surface area contributed by atoms with E-state index in [4.69, 9.17) is 4.74 Å². The zero-order valence-electron chi connectivity index (χ0n) is 17.2. The van der Waals surface area contributed by atoms with Gasteiger partial charge >= 0.3 is 18.2 Å². The Bertz CT molecular complexity index is 960. The van der Waals surface area contributed by atoms with E-state index < -0.39 is 29.4 Å². The Balaban J connectivity index is 1.77. The molecular formula is C20H22F3N3O4S. The van der Waals surface area contributed by atoms with E-state index in [0.29, 0.717) is 36.9 Å². The maximum absolute atomic E-state index is 12.8. The number of hydrogen-bond acceptors (Lipinski definition) is 6. The Labute approximate surface area is 181 Å². The summed E-state index contributed by atoms with van der Waals surface area (Å²) in [5, 5.41) is 9.99. The fourth-order valence-corrected chi connectivity index (χ4v) is 3.99. The molecule has 0 atom stereocenters. The lowest BCUT2D eigenvalue weighted by Crippen LogP contribution is -2.50. The van der Waals surface area contributed by atoms with Crippen LogP contribution in [0.5, 0.6) is 0 Å². The summed E-state index contributed by atoms with van der Waals surface area (Å²) in [5.74, 6) is -1.20. The first kappa shape index (κ1) is 22.9. The summed E-state index contributed by atoms with van der Waals surface area (Å²) in [6.45, 7) is 6.97. The van der Waals surface area contributed by atoms with Gasteiger partial charge in [0, 0.05) is 31.7 Å². The number of anilines is 1. The van der Waals surface area contributed by atoms with Crippen LogP contribution in [0.4, 0.5) is 23.1 Å². The van der Waals surface area contributed by atoms with Crippen LogP contribution in [-0.2, 0) is 10.9 Å². The third-order valence-electron chi connectivity index (χ3n) is 4.50. The maximum atomic E-state index is 12.8. The molecule has 3 rings (SSSR count). The highest BCUT2D eigenvalue weighted by molar-refractivity contribution is 7.17. The van der Waals surface area contributed by atoms with E-state index in [-0.39, 0.29) is 10.6 Å². The van der Waals surface area contributed by atoms with Crippen LogP contribution >= 0.6 is 11.3 Å². The van der Waals surface area contributed by atoms with E-state index >= 15 is 0 Å². The average molecular weight is 457 g/mol. The smallest absolute Gasteiger partial charge is 0.416 e. The van der Waals surface area contributed by atoms with Gasteiger partial charge in [-0.15, -0.1) is 0 Å². The Kier molecular flexibility index (Phi) is 6.17. The SMILES string of the molecule is CC(C)(C)OC(=O)N1CCN(c2nc(-c3ccc(C(F)(F)F)cc3)c(C(=O)O)s2)CC1. The van der Waals surface area contributed by atoms with Crippen molar-refractivity contribution in [1.29, 1.82) is 0 Å². The van der Waals surface area contributed by atoms with Gasteiger partial charge in [0.25, 0.3) is 0 Å². The number of carboxylic acids is 1. The fraction of sp³-hybridized carbons (Fsp3) is 0.450. The fourth-order valence-electron chi connectivity index (χ4n) is 3.01. The third kappa shape index (κ3) is 5.46. The molecule has 0 spiro atoms. The van der Waals surface area contributed by atoms with Crippen LogP contribution in [-0.4, -0.2) is 58.8 Å². The van der Waals surface area contributed by atoms with Gasteiger partial charge < -0.3 is 19.6 Å². The number of nitrogens with zero attached hydrogens (tertiary/aromatic N) is 3. The minimum Gasteiger partial charge on any atom is -0.477 e. The van der Waals surface area contributed by atoms with Crippen LogP contribution in [0.3, 0.4) is 0 Å². The highest BCUT2D eigenvalue weighted by atomic mass is 32.1. The molecule has 0 unspecified atom stereocenters. The zero-order valence-corrected chi connectivity index (χ0v) is 18.0. The topological polar surface area (TPSA) is 83.0 Å². The monoisotopic (exact) mass is 457 g/mol. The molecule has 1 amide bonds. The number of carbonyl (C=O) groups is 2. The Morgan fingerprint density at radius 2 is 1.65 bits per heavy atom. The number of rotatable bonds is 3. The molecule has 1 aliphatic heterocycles. The van der Waals surface area contributed by atoms with Gasteiger partial charge in [-0.25, -0.2) is 14.6 Å². The number of carbonyl (C=O) groups excluding carboxylic acids is 1. The van der Waals surface area contributed by atoms with Gasteiger partial charge in [0.15, 0.2) is 5.13 Å². The number of carboxylic acid groups (broad SMARTS) is 1. The number of benzene rings is 1. The van der Waals surface area contributed by atoms with Crippen molar-refractivity contribution in [3.8, 4) is 11.3 Å². The van der Waals surface area contributed by atoms with E-state index in [9.17, 15) is 27.9 Å². The summed E-state index contributed by atoms with van der Waals surface area (Å²) in [4.78, 5) is 31.7. The molecule has 1 aromatic carbocycles. The standard InChI is InChI=1S/C20H22F3N3O4S/c1-19(2,3)30-18(29)26-10-8-25(9-11-26)17-24-14(15(31-17)16(27)28)12-4-6-13(7-5-12)20(21,22)23/h4-7H,8-11H2,1-3H3,(H,27,28). The molecule has 1 saturated heterocycles. The quantitative estimate of drug-likeness (QED) is 0.726. The second kappa shape index (κ2) is 8.37. The van der Waals surface area contributed by atoms with E-state index in [1.54, 1.807) is 25.7 Å². The zero-order chi connectivity index (χ0) is 23.0. The second-order valence-electron chi connectivity index (χ2n) is 8.01. The highest BCUT2D eigenvalue weighted by Crippen LogP contribution is 2.36. The van der Waals surface area contributed by atoms with Gasteiger partial charge in [-0.05, 0) is 32.9 Å². The summed E-state index contributed by atoms with van der Waals surface area (Å²) in [7, 11) is 0. The van der Waals surface area contributed by atoms with Gasteiger partial charge in [-0.1, -0.05) is 23.5 Å². The van der Waals surface area contributed by atoms with Crippen molar-refractivity contribution >= 4 is 28.5 Å². The molecule has 7 nitrogen and oxygen atoms in total. The first-order valence-electron chi connectivity index (χ1n) is 9.50. The van der Waals surface area contributed by atoms with Crippen molar-refractivity contribution < 1.29 is 32.6 Å². The molecule has 2 aromatic rings. The van der Waals surface area contributed by atoms with Crippen molar-refractivity contribution in [2.75, 3.05) is 31.1 Å². The first-order valence-corrected chi connectivity index (χ1v) is 10.3. The van der Waals surface area contributed by atoms with Gasteiger partial charge in [0.1, 0.15) is 10.5 Å². The molecule has 1 N–H and O–H groups in total. The summed E-state index contributed by atoms with van der Waals surface area (Å²) < 4.78 is 43.8. The lowest BCUT2D eigenvalue weighted by atomic mass is 10.1. The lowest BCUT2D eigenvalue weighted by molar-refractivity contribution is -0.137. The van der Waals surface area contributed by atoms with Crippen molar-refractivity contribution in [2.24, 2.45) is 0 Å². The van der Waals surface area contributed by atoms with Crippen LogP contribution in [0.2, 0.25) is 0 Å². The molecule has 0 aliphatic carbocycles. The molecule has 0 saturated carbocycles. The summed E-state index contributed by atoms with van der Waals surface area (Å²) in [6, 6.07) is 4.24. The van der Waals surface area contributed by atoms with Gasteiger partial charge in [0.05, 0.1) is 11.3 Å². The lowest BCUT2D eigenvalue weighted by Gasteiger charge is -2.35. The number of halogens is 3. The number of amides is 1. The summed E-state index contributed by atoms with van der Waals surface area (Å²) in [5.41, 5.74) is -1.01. The van der Waals surface area contributed by atoms with E-state index in [0.717, 1.165) is 23.5 Å². The summed E-state index contributed by atoms with van der Waals surface area (Å²) in [6.07, 6.45) is -4.89. The number of hydrogen-bond donors (Lipinski definition) is 1. The predicted molar refractivity (Wildman–Crippen MR) is 110 cm³/mol. The van der Waals surface area contributed by atoms with Gasteiger partial charge in [-0.3, -0.25) is 0 Å². The maximum Gasteiger partial charge on any atom is 0.416 e. The number of ether oxygens (including phenoxy) is 1. The van der Waals surface area contributed by atoms with E-state index in [1.165, 1.54) is 12.1 Å². The average Bonchev–Trinajstić information content (AvgIpc) is 3.12. The molecule has 11 heteroatoms. The minimum atomic E-state index is -4.48. The Morgan fingerprint density at radius 3 is 2.13 bits per heavy atom. The molecule has 1 fully saturated rings. The van der Waals surface area contributed by atoms with Gasteiger partial charge in [0.2, 0.25) is 0 Å². The van der Waals surface area contributed by atoms with E-state index in [1.807, 2.05) is 4.90 Å². The number of alkyl halides is 3. The number of aromatic carboxylic acids is 1. The predicted octanol–water partition coefficient (Wildman–Crippen LogP) is 4.58. The first-order chi connectivity index (χ1) is 14.3. The minimum absolute atomic E-state index is 0.0515. The van der Waals surface area contributed by atoms with Crippen molar-refractivity contribution in [3.05, 3.63) is 34.7 Å². The molecule has 0 radical (unpaired) electrons. The van der Waals surface area contributed by atoms with Crippen LogP contribution in [0.25, 0.3) is 11.3 Å². The number of aromatic nitrogens is 1. The normalized spacial score (nSPS) is 15.2. The van der Waals surface area contributed by atoms with E-state index in [2.05, 4.69) is 4.98 Å². The third-order valence-corrected chi connectivity index (χ3v) is 5.60. The van der Waals surface area contributed by atoms with Crippen LogP contribution in [0.1, 0.15) is 36.0 Å². The van der Waals surface area contributed by atoms with Crippen LogP contribution in [0, 0.1) is 0 Å². The van der Waals surface area contributed by atoms with Crippen LogP contribution < -0.4 is 4.90 Å². The van der Waals surface area contributed by atoms with Crippen molar-refractivity contribution in [1.82, 2.24) is 9.88 Å². The largest absolute Gasteiger partial charge is 0.477 e. The second-order valence-corrected chi connectivity index (χ2v) is 8.99. The molecule has 0 bridgehead atoms. The Hall–Kier alpha value is -2.82. The molecule has 1 aliphatic rings. The molecule has 31 heavy (non-hydrogen) atoms. The van der Waals surface area contributed by atoms with Crippen molar-refractivity contribution in [3.63, 3.8) is 0 Å². The highest BCUT2D eigenvalue weighted by Gasteiger charge is 2.31. The van der Waals surface area contributed by atoms with Crippen LogP contribution in [0.15, 0.2) is 24.3 Å². The van der Waals surface area contributed by atoms with Gasteiger partial charge in [-0.2, -0.15) is 13.2 Å². The molecule has 1 aromatic heterocycles. The number of piperazine rings is 1.